The number of anilines is 1. The van der Waals surface area contributed by atoms with Gasteiger partial charge in [0.25, 0.3) is 5.95 Å². The minimum atomic E-state index is -1.28. The van der Waals surface area contributed by atoms with Gasteiger partial charge in [-0.2, -0.15) is 9.37 Å². The predicted octanol–water partition coefficient (Wildman–Crippen LogP) is 2.71. The third-order valence-corrected chi connectivity index (χ3v) is 2.67. The lowest BCUT2D eigenvalue weighted by Gasteiger charge is -2.11. The van der Waals surface area contributed by atoms with Crippen LogP contribution in [0.1, 0.15) is 19.8 Å². The first-order valence-electron chi connectivity index (χ1n) is 4.76. The van der Waals surface area contributed by atoms with E-state index < -0.39 is 17.6 Å². The minimum Gasteiger partial charge on any atom is -0.367 e. The summed E-state index contributed by atoms with van der Waals surface area (Å²) in [4.78, 5) is 3.18. The van der Waals surface area contributed by atoms with Gasteiger partial charge in [0.2, 0.25) is 0 Å². The molecular weight excluding hydrogens is 205 g/mol. The van der Waals surface area contributed by atoms with Crippen molar-refractivity contribution >= 4 is 5.82 Å². The summed E-state index contributed by atoms with van der Waals surface area (Å²) in [7, 11) is 0. The fourth-order valence-corrected chi connectivity index (χ4v) is 1.26. The number of nitrogens with zero attached hydrogens (tertiary/aromatic N) is 1. The molecule has 1 fully saturated rings. The van der Waals surface area contributed by atoms with Crippen LogP contribution < -0.4 is 5.32 Å². The molecule has 1 saturated carbocycles. The number of hydrogen-bond donors (Lipinski definition) is 1. The van der Waals surface area contributed by atoms with Crippen LogP contribution in [-0.4, -0.2) is 11.5 Å². The molecule has 0 aliphatic heterocycles. The van der Waals surface area contributed by atoms with Crippen molar-refractivity contribution in [2.24, 2.45) is 5.41 Å². The van der Waals surface area contributed by atoms with Crippen LogP contribution in [0.25, 0.3) is 0 Å². The molecule has 82 valence electrons. The van der Waals surface area contributed by atoms with E-state index in [-0.39, 0.29) is 11.2 Å². The summed E-state index contributed by atoms with van der Waals surface area (Å²) >= 11 is 0. The quantitative estimate of drug-likeness (QED) is 0.786. The van der Waals surface area contributed by atoms with Gasteiger partial charge in [-0.3, -0.25) is 0 Å². The third kappa shape index (κ3) is 2.22. The third-order valence-electron chi connectivity index (χ3n) is 2.67. The average molecular weight is 216 g/mol. The van der Waals surface area contributed by atoms with E-state index in [1.54, 1.807) is 0 Å². The van der Waals surface area contributed by atoms with E-state index >= 15 is 0 Å². The smallest absolute Gasteiger partial charge is 0.251 e. The molecule has 0 unspecified atom stereocenters. The number of halogens is 3. The highest BCUT2D eigenvalue weighted by Gasteiger charge is 2.37. The van der Waals surface area contributed by atoms with Crippen molar-refractivity contribution in [1.29, 1.82) is 0 Å². The lowest BCUT2D eigenvalue weighted by Crippen LogP contribution is -2.14. The van der Waals surface area contributed by atoms with Crippen LogP contribution in [0.3, 0.4) is 0 Å². The van der Waals surface area contributed by atoms with Gasteiger partial charge in [-0.15, -0.1) is 0 Å². The zero-order valence-corrected chi connectivity index (χ0v) is 8.28. The van der Waals surface area contributed by atoms with Gasteiger partial charge >= 0.3 is 0 Å². The normalized spacial score (nSPS) is 17.6. The van der Waals surface area contributed by atoms with E-state index in [2.05, 4.69) is 10.3 Å². The second-order valence-corrected chi connectivity index (χ2v) is 4.26. The summed E-state index contributed by atoms with van der Waals surface area (Å²) in [5.41, 5.74) is 0.152. The molecular formula is C10H11F3N2. The van der Waals surface area contributed by atoms with Crippen molar-refractivity contribution in [3.63, 3.8) is 0 Å². The molecule has 1 aromatic heterocycles. The van der Waals surface area contributed by atoms with Crippen LogP contribution in [0.4, 0.5) is 19.0 Å². The molecule has 0 spiro atoms. The molecule has 0 radical (unpaired) electrons. The molecule has 1 heterocycles. The van der Waals surface area contributed by atoms with E-state index in [4.69, 9.17) is 0 Å². The maximum absolute atomic E-state index is 13.1. The summed E-state index contributed by atoms with van der Waals surface area (Å²) in [5.74, 6) is -3.63. The highest BCUT2D eigenvalue weighted by Crippen LogP contribution is 2.44. The Morgan fingerprint density at radius 2 is 2.00 bits per heavy atom. The van der Waals surface area contributed by atoms with E-state index in [1.165, 1.54) is 0 Å². The monoisotopic (exact) mass is 216 g/mol. The number of pyridine rings is 1. The van der Waals surface area contributed by atoms with Crippen molar-refractivity contribution in [1.82, 2.24) is 4.98 Å². The fraction of sp³-hybridized carbons (Fsp3) is 0.500. The van der Waals surface area contributed by atoms with E-state index in [0.29, 0.717) is 12.6 Å². The van der Waals surface area contributed by atoms with Gasteiger partial charge in [0, 0.05) is 12.6 Å². The topological polar surface area (TPSA) is 24.9 Å². The molecule has 0 aromatic carbocycles. The lowest BCUT2D eigenvalue weighted by atomic mass is 10.1. The number of nitrogens with one attached hydrogen (secondary N) is 1. The van der Waals surface area contributed by atoms with E-state index in [0.717, 1.165) is 12.8 Å². The minimum absolute atomic E-state index is 0.152. The Morgan fingerprint density at radius 3 is 2.60 bits per heavy atom. The highest BCUT2D eigenvalue weighted by molar-refractivity contribution is 5.36. The van der Waals surface area contributed by atoms with Crippen molar-refractivity contribution in [3.8, 4) is 0 Å². The summed E-state index contributed by atoms with van der Waals surface area (Å²) in [6.07, 6.45) is 2.12. The van der Waals surface area contributed by atoms with Crippen molar-refractivity contribution in [3.05, 3.63) is 23.6 Å². The zero-order chi connectivity index (χ0) is 11.1. The number of rotatable bonds is 3. The van der Waals surface area contributed by atoms with Crippen LogP contribution in [-0.2, 0) is 0 Å². The average Bonchev–Trinajstić information content (AvgIpc) is 2.89. The molecule has 1 aromatic rings. The molecule has 0 bridgehead atoms. The van der Waals surface area contributed by atoms with Crippen LogP contribution in [0.15, 0.2) is 6.07 Å². The fourth-order valence-electron chi connectivity index (χ4n) is 1.26. The Labute approximate surface area is 85.5 Å². The summed E-state index contributed by atoms with van der Waals surface area (Å²) in [5, 5.41) is 2.69. The predicted molar refractivity (Wildman–Crippen MR) is 49.9 cm³/mol. The molecule has 1 aliphatic carbocycles. The second-order valence-electron chi connectivity index (χ2n) is 4.26. The second kappa shape index (κ2) is 3.40. The molecule has 1 N–H and O–H groups in total. The molecule has 0 amide bonds. The van der Waals surface area contributed by atoms with Crippen molar-refractivity contribution < 1.29 is 13.2 Å². The van der Waals surface area contributed by atoms with Crippen LogP contribution in [0, 0.1) is 23.0 Å². The molecule has 2 rings (SSSR count). The van der Waals surface area contributed by atoms with Crippen LogP contribution >= 0.6 is 0 Å². The Kier molecular flexibility index (Phi) is 2.32. The molecule has 15 heavy (non-hydrogen) atoms. The van der Waals surface area contributed by atoms with Gasteiger partial charge in [-0.1, -0.05) is 6.92 Å². The molecule has 2 nitrogen and oxygen atoms in total. The van der Waals surface area contributed by atoms with Gasteiger partial charge in [0.05, 0.1) is 0 Å². The summed E-state index contributed by atoms with van der Waals surface area (Å²) in [6.45, 7) is 2.57. The standard InChI is InChI=1S/C10H11F3N2/c1-10(2-3-10)5-14-9-7(12)4-6(11)8(13)15-9/h4H,2-3,5H2,1H3,(H,14,15). The van der Waals surface area contributed by atoms with Gasteiger partial charge < -0.3 is 5.32 Å². The Bertz CT molecular complexity index is 388. The molecule has 0 saturated heterocycles. The van der Waals surface area contributed by atoms with E-state index in [1.807, 2.05) is 6.92 Å². The Balaban J connectivity index is 2.10. The molecule has 0 atom stereocenters. The van der Waals surface area contributed by atoms with Gasteiger partial charge in [0.15, 0.2) is 17.5 Å². The largest absolute Gasteiger partial charge is 0.367 e. The highest BCUT2D eigenvalue weighted by atomic mass is 19.2. The SMILES string of the molecule is CC1(CNc2nc(F)c(F)cc2F)CC1. The molecule has 5 heteroatoms. The Morgan fingerprint density at radius 1 is 1.33 bits per heavy atom. The summed E-state index contributed by atoms with van der Waals surface area (Å²) < 4.78 is 38.3. The number of aromatic nitrogens is 1. The van der Waals surface area contributed by atoms with Gasteiger partial charge in [-0.25, -0.2) is 8.78 Å². The zero-order valence-electron chi connectivity index (χ0n) is 8.28. The maximum atomic E-state index is 13.1. The van der Waals surface area contributed by atoms with Gasteiger partial charge in [-0.05, 0) is 18.3 Å². The van der Waals surface area contributed by atoms with Crippen LogP contribution in [0.5, 0.6) is 0 Å². The lowest BCUT2D eigenvalue weighted by molar-refractivity contribution is 0.465. The van der Waals surface area contributed by atoms with Crippen molar-refractivity contribution in [2.45, 2.75) is 19.8 Å². The Hall–Kier alpha value is -1.26. The molecule has 1 aliphatic rings. The first kappa shape index (κ1) is 10.3. The first-order valence-corrected chi connectivity index (χ1v) is 4.76. The summed E-state index contributed by atoms with van der Waals surface area (Å²) in [6, 6.07) is 0.500. The van der Waals surface area contributed by atoms with Gasteiger partial charge in [0.1, 0.15) is 0 Å². The maximum Gasteiger partial charge on any atom is 0.251 e. The van der Waals surface area contributed by atoms with Crippen LogP contribution in [0.2, 0.25) is 0 Å². The van der Waals surface area contributed by atoms with Crippen molar-refractivity contribution in [2.75, 3.05) is 11.9 Å². The first-order chi connectivity index (χ1) is 7.00. The number of hydrogen-bond acceptors (Lipinski definition) is 2. The van der Waals surface area contributed by atoms with E-state index in [9.17, 15) is 13.2 Å².